The monoisotopic (exact) mass is 260 g/mol. The smallest absolute Gasteiger partial charge is 0.337 e. The van der Waals surface area contributed by atoms with Gasteiger partial charge in [0, 0.05) is 6.61 Å². The van der Waals surface area contributed by atoms with Gasteiger partial charge in [-0.05, 0) is 27.2 Å². The van der Waals surface area contributed by atoms with Gasteiger partial charge in [0.15, 0.2) is 5.60 Å². The van der Waals surface area contributed by atoms with Crippen LogP contribution in [0.15, 0.2) is 0 Å². The molecule has 3 unspecified atom stereocenters. The summed E-state index contributed by atoms with van der Waals surface area (Å²) in [5.41, 5.74) is -2.45. The van der Waals surface area contributed by atoms with Crippen molar-refractivity contribution in [2.24, 2.45) is 0 Å². The van der Waals surface area contributed by atoms with E-state index in [4.69, 9.17) is 9.84 Å². The van der Waals surface area contributed by atoms with E-state index in [2.05, 4.69) is 10.6 Å². The zero-order valence-electron chi connectivity index (χ0n) is 10.8. The lowest BCUT2D eigenvalue weighted by Crippen LogP contribution is -2.56. The van der Waals surface area contributed by atoms with E-state index in [9.17, 15) is 14.7 Å². The van der Waals surface area contributed by atoms with Crippen LogP contribution in [0.1, 0.15) is 27.2 Å². The van der Waals surface area contributed by atoms with Crippen molar-refractivity contribution in [2.75, 3.05) is 13.2 Å². The first-order chi connectivity index (χ1) is 8.17. The summed E-state index contributed by atoms with van der Waals surface area (Å²) in [5, 5.41) is 23.2. The van der Waals surface area contributed by atoms with Crippen LogP contribution in [0.25, 0.3) is 0 Å². The molecule has 1 heterocycles. The van der Waals surface area contributed by atoms with Crippen LogP contribution in [0.3, 0.4) is 0 Å². The van der Waals surface area contributed by atoms with E-state index in [1.165, 1.54) is 0 Å². The Hall–Kier alpha value is -1.34. The third kappa shape index (κ3) is 3.33. The molecule has 1 fully saturated rings. The van der Waals surface area contributed by atoms with Crippen LogP contribution in [0.5, 0.6) is 0 Å². The second-order valence-electron chi connectivity index (χ2n) is 5.07. The molecule has 4 N–H and O–H groups in total. The second-order valence-corrected chi connectivity index (χ2v) is 5.07. The van der Waals surface area contributed by atoms with E-state index in [0.29, 0.717) is 13.0 Å². The van der Waals surface area contributed by atoms with E-state index in [1.807, 2.05) is 13.8 Å². The molecule has 104 valence electrons. The molecule has 1 aliphatic heterocycles. The molecule has 1 rings (SSSR count). The molecular weight excluding hydrogens is 240 g/mol. The van der Waals surface area contributed by atoms with Gasteiger partial charge in [0.25, 0.3) is 0 Å². The molecule has 0 bridgehead atoms. The van der Waals surface area contributed by atoms with E-state index in [0.717, 1.165) is 6.92 Å². The summed E-state index contributed by atoms with van der Waals surface area (Å²) in [5.74, 6) is -1.38. The van der Waals surface area contributed by atoms with Crippen LogP contribution in [0.4, 0.5) is 4.79 Å². The molecule has 2 amide bonds. The van der Waals surface area contributed by atoms with Crippen molar-refractivity contribution >= 4 is 12.0 Å². The average Bonchev–Trinajstić information content (AvgIpc) is 2.56. The van der Waals surface area contributed by atoms with Gasteiger partial charge in [0.2, 0.25) is 0 Å². The lowest BCUT2D eigenvalue weighted by Gasteiger charge is -2.29. The first kappa shape index (κ1) is 14.7. The molecule has 0 aromatic heterocycles. The average molecular weight is 260 g/mol. The molecule has 0 aromatic carbocycles. The first-order valence-electron chi connectivity index (χ1n) is 5.81. The fourth-order valence-corrected chi connectivity index (χ4v) is 1.63. The van der Waals surface area contributed by atoms with Crippen molar-refractivity contribution in [1.29, 1.82) is 0 Å². The number of ether oxygens (including phenoxy) is 1. The van der Waals surface area contributed by atoms with Crippen molar-refractivity contribution < 1.29 is 24.5 Å². The summed E-state index contributed by atoms with van der Waals surface area (Å²) in [6.07, 6.45) is 0.583. The Morgan fingerprint density at radius 1 is 1.56 bits per heavy atom. The Labute approximate surface area is 106 Å². The number of carboxylic acid groups (broad SMARTS) is 1. The molecule has 0 aromatic rings. The fourth-order valence-electron chi connectivity index (χ4n) is 1.63. The SMILES string of the molecule is CC1OCCC1(C)NC(=O)NCC(C)(O)C(=O)O. The zero-order valence-corrected chi connectivity index (χ0v) is 10.8. The molecule has 0 saturated carbocycles. The molecular formula is C11H20N2O5. The zero-order chi connectivity index (χ0) is 14.0. The van der Waals surface area contributed by atoms with Gasteiger partial charge in [0.05, 0.1) is 18.2 Å². The second kappa shape index (κ2) is 5.11. The molecule has 18 heavy (non-hydrogen) atoms. The highest BCUT2D eigenvalue weighted by atomic mass is 16.5. The Balaban J connectivity index is 2.45. The number of carboxylic acids is 1. The Morgan fingerprint density at radius 2 is 2.17 bits per heavy atom. The molecule has 7 heteroatoms. The maximum absolute atomic E-state index is 11.6. The number of urea groups is 1. The van der Waals surface area contributed by atoms with Gasteiger partial charge < -0.3 is 25.6 Å². The Morgan fingerprint density at radius 3 is 2.61 bits per heavy atom. The van der Waals surface area contributed by atoms with Crippen LogP contribution in [-0.4, -0.2) is 52.6 Å². The lowest BCUT2D eigenvalue weighted by atomic mass is 9.95. The van der Waals surface area contributed by atoms with Gasteiger partial charge in [-0.15, -0.1) is 0 Å². The topological polar surface area (TPSA) is 108 Å². The predicted octanol–water partition coefficient (Wildman–Crippen LogP) is -0.311. The number of hydrogen-bond donors (Lipinski definition) is 4. The Kier molecular flexibility index (Phi) is 4.18. The minimum atomic E-state index is -1.98. The molecule has 1 aliphatic rings. The minimum Gasteiger partial charge on any atom is -0.479 e. The van der Waals surface area contributed by atoms with Crippen molar-refractivity contribution in [3.63, 3.8) is 0 Å². The van der Waals surface area contributed by atoms with Gasteiger partial charge in [-0.2, -0.15) is 0 Å². The summed E-state index contributed by atoms with van der Waals surface area (Å²) in [6.45, 7) is 5.06. The largest absolute Gasteiger partial charge is 0.479 e. The number of amides is 2. The van der Waals surface area contributed by atoms with E-state index in [1.54, 1.807) is 0 Å². The summed E-state index contributed by atoms with van der Waals surface area (Å²) in [7, 11) is 0. The van der Waals surface area contributed by atoms with E-state index in [-0.39, 0.29) is 12.6 Å². The molecule has 3 atom stereocenters. The minimum absolute atomic E-state index is 0.108. The van der Waals surface area contributed by atoms with Crippen molar-refractivity contribution in [1.82, 2.24) is 10.6 Å². The van der Waals surface area contributed by atoms with Crippen molar-refractivity contribution in [2.45, 2.75) is 44.4 Å². The number of aliphatic carboxylic acids is 1. The number of rotatable bonds is 4. The van der Waals surface area contributed by atoms with Crippen molar-refractivity contribution in [3.05, 3.63) is 0 Å². The van der Waals surface area contributed by atoms with Gasteiger partial charge in [-0.1, -0.05) is 0 Å². The number of carbonyl (C=O) groups excluding carboxylic acids is 1. The van der Waals surface area contributed by atoms with Crippen LogP contribution in [0, 0.1) is 0 Å². The van der Waals surface area contributed by atoms with Crippen LogP contribution < -0.4 is 10.6 Å². The third-order valence-electron chi connectivity index (χ3n) is 3.34. The van der Waals surface area contributed by atoms with Gasteiger partial charge in [0.1, 0.15) is 0 Å². The molecule has 1 saturated heterocycles. The molecule has 0 aliphatic carbocycles. The fraction of sp³-hybridized carbons (Fsp3) is 0.818. The maximum atomic E-state index is 11.6. The maximum Gasteiger partial charge on any atom is 0.337 e. The third-order valence-corrected chi connectivity index (χ3v) is 3.34. The molecule has 0 radical (unpaired) electrons. The number of hydrogen-bond acceptors (Lipinski definition) is 4. The van der Waals surface area contributed by atoms with Crippen LogP contribution in [0.2, 0.25) is 0 Å². The number of carbonyl (C=O) groups is 2. The summed E-state index contributed by atoms with van der Waals surface area (Å²) >= 11 is 0. The molecule has 0 spiro atoms. The Bertz CT molecular complexity index is 344. The number of aliphatic hydroxyl groups is 1. The first-order valence-corrected chi connectivity index (χ1v) is 5.81. The lowest BCUT2D eigenvalue weighted by molar-refractivity contribution is -0.155. The number of nitrogens with one attached hydrogen (secondary N) is 2. The van der Waals surface area contributed by atoms with Gasteiger partial charge in [-0.3, -0.25) is 0 Å². The highest BCUT2D eigenvalue weighted by Gasteiger charge is 2.39. The predicted molar refractivity (Wildman–Crippen MR) is 63.2 cm³/mol. The summed E-state index contributed by atoms with van der Waals surface area (Å²) < 4.78 is 5.37. The van der Waals surface area contributed by atoms with Gasteiger partial charge in [-0.25, -0.2) is 9.59 Å². The highest BCUT2D eigenvalue weighted by Crippen LogP contribution is 2.24. The standard InChI is InChI=1S/C11H20N2O5/c1-7-10(2,4-5-18-7)13-9(16)12-6-11(3,17)8(14)15/h7,17H,4-6H2,1-3H3,(H,14,15)(H2,12,13,16). The normalized spacial score (nSPS) is 30.6. The van der Waals surface area contributed by atoms with E-state index >= 15 is 0 Å². The van der Waals surface area contributed by atoms with E-state index < -0.39 is 23.1 Å². The van der Waals surface area contributed by atoms with Crippen molar-refractivity contribution in [3.8, 4) is 0 Å². The molecule has 7 nitrogen and oxygen atoms in total. The highest BCUT2D eigenvalue weighted by molar-refractivity contribution is 5.79. The van der Waals surface area contributed by atoms with Crippen LogP contribution in [-0.2, 0) is 9.53 Å². The summed E-state index contributed by atoms with van der Waals surface area (Å²) in [4.78, 5) is 22.3. The summed E-state index contributed by atoms with van der Waals surface area (Å²) in [6, 6.07) is -0.517. The quantitative estimate of drug-likeness (QED) is 0.554. The van der Waals surface area contributed by atoms with Gasteiger partial charge >= 0.3 is 12.0 Å². The van der Waals surface area contributed by atoms with Crippen LogP contribution >= 0.6 is 0 Å².